The molecular formula is C15H17Br2NO. The monoisotopic (exact) mass is 385 g/mol. The van der Waals surface area contributed by atoms with Crippen LogP contribution >= 0.6 is 31.9 Å². The minimum Gasteiger partial charge on any atom is -0.466 e. The number of benzene rings is 1. The number of halogens is 2. The summed E-state index contributed by atoms with van der Waals surface area (Å²) in [7, 11) is 1.97. The summed E-state index contributed by atoms with van der Waals surface area (Å²) in [5, 5.41) is 3.39. The van der Waals surface area contributed by atoms with Crippen molar-refractivity contribution in [2.75, 3.05) is 7.05 Å². The first-order chi connectivity index (χ1) is 8.95. The Balaban J connectivity index is 2.59. The van der Waals surface area contributed by atoms with Gasteiger partial charge >= 0.3 is 0 Å². The lowest BCUT2D eigenvalue weighted by atomic mass is 9.95. The average Bonchev–Trinajstić information content (AvgIpc) is 2.61. The molecule has 0 bridgehead atoms. The zero-order valence-corrected chi connectivity index (χ0v) is 14.6. The van der Waals surface area contributed by atoms with Crippen LogP contribution in [-0.4, -0.2) is 7.05 Å². The van der Waals surface area contributed by atoms with Crippen LogP contribution in [0.2, 0.25) is 0 Å². The zero-order valence-electron chi connectivity index (χ0n) is 11.5. The lowest BCUT2D eigenvalue weighted by Gasteiger charge is -2.19. The maximum atomic E-state index is 5.75. The molecule has 1 heterocycles. The fourth-order valence-corrected chi connectivity index (χ4v) is 3.28. The Bertz CT molecular complexity index is 604. The van der Waals surface area contributed by atoms with Gasteiger partial charge in [-0.05, 0) is 57.1 Å². The number of furan rings is 1. The first-order valence-corrected chi connectivity index (χ1v) is 7.73. The summed E-state index contributed by atoms with van der Waals surface area (Å²) in [6.07, 6.45) is 0. The van der Waals surface area contributed by atoms with Gasteiger partial charge in [-0.25, -0.2) is 0 Å². The van der Waals surface area contributed by atoms with E-state index in [4.69, 9.17) is 4.42 Å². The first kappa shape index (κ1) is 14.8. The molecule has 19 heavy (non-hydrogen) atoms. The predicted molar refractivity (Wildman–Crippen MR) is 85.7 cm³/mol. The highest BCUT2D eigenvalue weighted by Crippen LogP contribution is 2.35. The van der Waals surface area contributed by atoms with Crippen molar-refractivity contribution in [1.82, 2.24) is 5.32 Å². The van der Waals surface area contributed by atoms with Crippen LogP contribution in [0.3, 0.4) is 0 Å². The van der Waals surface area contributed by atoms with Gasteiger partial charge in [0.15, 0.2) is 0 Å². The summed E-state index contributed by atoms with van der Waals surface area (Å²) >= 11 is 7.17. The largest absolute Gasteiger partial charge is 0.466 e. The van der Waals surface area contributed by atoms with Crippen LogP contribution in [-0.2, 0) is 0 Å². The molecule has 0 aliphatic carbocycles. The smallest absolute Gasteiger partial charge is 0.106 e. The molecule has 1 aromatic carbocycles. The second-order valence-corrected chi connectivity index (χ2v) is 6.41. The highest BCUT2D eigenvalue weighted by atomic mass is 79.9. The number of hydrogen-bond acceptors (Lipinski definition) is 2. The fourth-order valence-electron chi connectivity index (χ4n) is 2.43. The maximum absolute atomic E-state index is 5.75. The molecule has 0 saturated heterocycles. The third-order valence-electron chi connectivity index (χ3n) is 3.46. The molecule has 1 aromatic heterocycles. The molecule has 4 heteroatoms. The third kappa shape index (κ3) is 2.81. The van der Waals surface area contributed by atoms with Crippen LogP contribution in [0.4, 0.5) is 0 Å². The Labute approximate surface area is 130 Å². The molecule has 2 nitrogen and oxygen atoms in total. The molecule has 1 atom stereocenters. The highest BCUT2D eigenvalue weighted by molar-refractivity contribution is 9.11. The van der Waals surface area contributed by atoms with Crippen molar-refractivity contribution in [3.8, 4) is 0 Å². The molecule has 102 valence electrons. The summed E-state index contributed by atoms with van der Waals surface area (Å²) < 4.78 is 7.91. The topological polar surface area (TPSA) is 25.2 Å². The van der Waals surface area contributed by atoms with Crippen molar-refractivity contribution in [3.63, 3.8) is 0 Å². The quantitative estimate of drug-likeness (QED) is 0.799. The van der Waals surface area contributed by atoms with Crippen molar-refractivity contribution in [2.45, 2.75) is 26.8 Å². The number of hydrogen-bond donors (Lipinski definition) is 1. The Hall–Kier alpha value is -0.580. The van der Waals surface area contributed by atoms with E-state index in [-0.39, 0.29) is 6.04 Å². The second kappa shape index (κ2) is 5.81. The molecular weight excluding hydrogens is 370 g/mol. The summed E-state index contributed by atoms with van der Waals surface area (Å²) in [6.45, 7) is 6.14. The number of aryl methyl sites for hydroxylation is 2. The van der Waals surface area contributed by atoms with Crippen LogP contribution < -0.4 is 5.32 Å². The number of nitrogens with one attached hydrogen (secondary N) is 1. The van der Waals surface area contributed by atoms with E-state index in [0.717, 1.165) is 20.5 Å². The van der Waals surface area contributed by atoms with E-state index in [2.05, 4.69) is 56.2 Å². The van der Waals surface area contributed by atoms with Gasteiger partial charge in [-0.2, -0.15) is 0 Å². The molecule has 0 aliphatic heterocycles. The van der Waals surface area contributed by atoms with Crippen LogP contribution in [0, 0.1) is 20.8 Å². The molecule has 2 rings (SSSR count). The van der Waals surface area contributed by atoms with Crippen molar-refractivity contribution in [3.05, 3.63) is 55.4 Å². The van der Waals surface area contributed by atoms with E-state index in [1.165, 1.54) is 16.7 Å². The Morgan fingerprint density at radius 1 is 1.11 bits per heavy atom. The highest BCUT2D eigenvalue weighted by Gasteiger charge is 2.23. The van der Waals surface area contributed by atoms with Crippen molar-refractivity contribution < 1.29 is 4.42 Å². The summed E-state index contributed by atoms with van der Waals surface area (Å²) in [5.41, 5.74) is 3.63. The van der Waals surface area contributed by atoms with Gasteiger partial charge in [-0.15, -0.1) is 0 Å². The van der Waals surface area contributed by atoms with Gasteiger partial charge in [0.1, 0.15) is 11.5 Å². The molecule has 0 radical (unpaired) electrons. The van der Waals surface area contributed by atoms with E-state index in [1.807, 2.05) is 27.0 Å². The molecule has 2 aromatic rings. The van der Waals surface area contributed by atoms with E-state index in [0.29, 0.717) is 0 Å². The van der Waals surface area contributed by atoms with Gasteiger partial charge in [-0.1, -0.05) is 31.9 Å². The van der Waals surface area contributed by atoms with E-state index < -0.39 is 0 Å². The molecule has 0 aliphatic rings. The molecule has 1 N–H and O–H groups in total. The second-order valence-electron chi connectivity index (χ2n) is 4.64. The number of rotatable bonds is 3. The van der Waals surface area contributed by atoms with E-state index in [1.54, 1.807) is 0 Å². The van der Waals surface area contributed by atoms with E-state index >= 15 is 0 Å². The van der Waals surface area contributed by atoms with Gasteiger partial charge in [0, 0.05) is 14.5 Å². The van der Waals surface area contributed by atoms with Gasteiger partial charge < -0.3 is 9.73 Å². The van der Waals surface area contributed by atoms with Gasteiger partial charge in [-0.3, -0.25) is 0 Å². The maximum Gasteiger partial charge on any atom is 0.106 e. The first-order valence-electron chi connectivity index (χ1n) is 6.14. The van der Waals surface area contributed by atoms with Crippen LogP contribution in [0.1, 0.15) is 34.3 Å². The van der Waals surface area contributed by atoms with Gasteiger partial charge in [0.05, 0.1) is 6.04 Å². The van der Waals surface area contributed by atoms with Gasteiger partial charge in [0.2, 0.25) is 0 Å². The molecule has 0 fully saturated rings. The fraction of sp³-hybridized carbons (Fsp3) is 0.333. The minimum absolute atomic E-state index is 0.115. The van der Waals surface area contributed by atoms with Crippen LogP contribution in [0.5, 0.6) is 0 Å². The summed E-state index contributed by atoms with van der Waals surface area (Å²) in [5.74, 6) is 1.96. The molecule has 1 unspecified atom stereocenters. The lowest BCUT2D eigenvalue weighted by Crippen LogP contribution is -2.19. The SMILES string of the molecule is CNC(c1cc(Br)ccc1Br)c1c(C)oc(C)c1C. The van der Waals surface area contributed by atoms with Crippen molar-refractivity contribution >= 4 is 31.9 Å². The van der Waals surface area contributed by atoms with Gasteiger partial charge in [0.25, 0.3) is 0 Å². The molecule has 0 saturated carbocycles. The standard InChI is InChI=1S/C15H17Br2NO/c1-8-9(2)19-10(3)14(8)15(18-4)12-7-11(16)5-6-13(12)17/h5-7,15,18H,1-4H3. The Morgan fingerprint density at radius 2 is 1.79 bits per heavy atom. The molecule has 0 spiro atoms. The van der Waals surface area contributed by atoms with Crippen molar-refractivity contribution in [1.29, 1.82) is 0 Å². The Morgan fingerprint density at radius 3 is 2.32 bits per heavy atom. The Kier molecular flexibility index (Phi) is 4.54. The minimum atomic E-state index is 0.115. The zero-order chi connectivity index (χ0) is 14.2. The lowest BCUT2D eigenvalue weighted by molar-refractivity contribution is 0.495. The van der Waals surface area contributed by atoms with E-state index in [9.17, 15) is 0 Å². The summed E-state index contributed by atoms with van der Waals surface area (Å²) in [4.78, 5) is 0. The summed E-state index contributed by atoms with van der Waals surface area (Å²) in [6, 6.07) is 6.33. The van der Waals surface area contributed by atoms with Crippen LogP contribution in [0.25, 0.3) is 0 Å². The third-order valence-corrected chi connectivity index (χ3v) is 4.68. The van der Waals surface area contributed by atoms with Crippen LogP contribution in [0.15, 0.2) is 31.6 Å². The normalized spacial score (nSPS) is 12.7. The average molecular weight is 387 g/mol. The predicted octanol–water partition coefficient (Wildman–Crippen LogP) is 5.04. The molecule has 0 amide bonds. The van der Waals surface area contributed by atoms with Crippen molar-refractivity contribution in [2.24, 2.45) is 0 Å².